The highest BCUT2D eigenvalue weighted by molar-refractivity contribution is 5.85. The number of nitrogens with zero attached hydrogens (tertiary/aromatic N) is 3. The van der Waals surface area contributed by atoms with E-state index in [0.29, 0.717) is 5.95 Å². The van der Waals surface area contributed by atoms with Crippen molar-refractivity contribution in [3.05, 3.63) is 84.2 Å². The zero-order valence-electron chi connectivity index (χ0n) is 17.4. The molecule has 0 spiro atoms. The highest BCUT2D eigenvalue weighted by Crippen LogP contribution is 2.38. The van der Waals surface area contributed by atoms with Crippen LogP contribution in [0.5, 0.6) is 0 Å². The second-order valence-corrected chi connectivity index (χ2v) is 7.60. The third kappa shape index (κ3) is 4.50. The minimum Gasteiger partial charge on any atom is -0.412 e. The molecule has 1 fully saturated rings. The molecule has 1 amide bonds. The molecule has 3 heterocycles. The van der Waals surface area contributed by atoms with Crippen LogP contribution in [0.1, 0.15) is 36.1 Å². The lowest BCUT2D eigenvalue weighted by molar-refractivity contribution is -0.106. The average Bonchev–Trinajstić information content (AvgIpc) is 3.29. The third-order valence-electron chi connectivity index (χ3n) is 5.78. The van der Waals surface area contributed by atoms with E-state index in [2.05, 4.69) is 39.6 Å². The van der Waals surface area contributed by atoms with Crippen LogP contribution in [0.2, 0.25) is 0 Å². The zero-order chi connectivity index (χ0) is 20.3. The summed E-state index contributed by atoms with van der Waals surface area (Å²) < 4.78 is 0. The summed E-state index contributed by atoms with van der Waals surface area (Å²) in [6.45, 7) is 0.915. The molecule has 2 atom stereocenters. The molecule has 2 aromatic carbocycles. The Labute approximate surface area is 193 Å². The number of carbonyl (C=O) groups excluding carboxylic acids is 1. The second kappa shape index (κ2) is 10.4. The summed E-state index contributed by atoms with van der Waals surface area (Å²) in [6, 6.07) is 22.3. The summed E-state index contributed by atoms with van der Waals surface area (Å²) in [4.78, 5) is 26.3. The Morgan fingerprint density at radius 3 is 2.44 bits per heavy atom. The van der Waals surface area contributed by atoms with E-state index in [1.807, 2.05) is 42.5 Å². The van der Waals surface area contributed by atoms with Gasteiger partial charge in [0.05, 0.1) is 17.1 Å². The maximum Gasteiger partial charge on any atom is 0.221 e. The molecule has 2 aromatic rings. The number of hydrogen-bond acceptors (Lipinski definition) is 4. The highest BCUT2D eigenvalue weighted by atomic mass is 35.5. The summed E-state index contributed by atoms with van der Waals surface area (Å²) in [5, 5.41) is 3.63. The lowest BCUT2D eigenvalue weighted by Gasteiger charge is -2.31. The van der Waals surface area contributed by atoms with Crippen LogP contribution >= 0.6 is 12.4 Å². The van der Waals surface area contributed by atoms with Crippen LogP contribution in [0, 0.1) is 0 Å². The summed E-state index contributed by atoms with van der Waals surface area (Å²) in [5.74, 6) is 0.771. The van der Waals surface area contributed by atoms with Crippen LogP contribution in [-0.2, 0) is 4.79 Å². The normalized spacial score (nSPS) is 17.8. The fourth-order valence-corrected chi connectivity index (χ4v) is 4.28. The van der Waals surface area contributed by atoms with Crippen molar-refractivity contribution in [3.8, 4) is 11.4 Å². The number of fused-ring (bicyclic) bond motifs is 1. The van der Waals surface area contributed by atoms with Crippen LogP contribution in [-0.4, -0.2) is 33.4 Å². The number of carbonyl (C=O) groups is 1. The molecule has 2 unspecified atom stereocenters. The summed E-state index contributed by atoms with van der Waals surface area (Å²) in [6.07, 6.45) is 4.51. The number of rotatable bonds is 5. The lowest BCUT2D eigenvalue weighted by Crippen LogP contribution is -2.31. The Bertz CT molecular complexity index is 1110. The summed E-state index contributed by atoms with van der Waals surface area (Å²) >= 11 is 0. The van der Waals surface area contributed by atoms with Crippen molar-refractivity contribution in [2.75, 3.05) is 11.4 Å². The number of benzene rings is 2. The smallest absolute Gasteiger partial charge is 0.221 e. The first-order valence-electron chi connectivity index (χ1n) is 10.3. The van der Waals surface area contributed by atoms with Gasteiger partial charge in [-0.15, -0.1) is 12.4 Å². The maximum absolute atomic E-state index is 11.9. The van der Waals surface area contributed by atoms with Crippen molar-refractivity contribution in [3.63, 3.8) is 0 Å². The third-order valence-corrected chi connectivity index (χ3v) is 5.78. The van der Waals surface area contributed by atoms with Gasteiger partial charge < -0.3 is 15.8 Å². The van der Waals surface area contributed by atoms with Crippen LogP contribution in [0.25, 0.3) is 11.4 Å². The van der Waals surface area contributed by atoms with Gasteiger partial charge in [0.2, 0.25) is 12.4 Å². The molecule has 0 aromatic heterocycles. The fraction of sp³-hybridized carbons (Fsp3) is 0.208. The van der Waals surface area contributed by atoms with Crippen molar-refractivity contribution >= 4 is 30.5 Å². The molecule has 3 aliphatic rings. The van der Waals surface area contributed by atoms with Crippen molar-refractivity contribution < 1.29 is 10.3 Å². The number of aromatic amines is 1. The predicted molar refractivity (Wildman–Crippen MR) is 128 cm³/mol. The molecule has 0 radical (unpaired) electrons. The van der Waals surface area contributed by atoms with Gasteiger partial charge >= 0.3 is 0 Å². The number of piperidine rings is 1. The van der Waals surface area contributed by atoms with Crippen molar-refractivity contribution in [2.24, 2.45) is 0 Å². The Balaban J connectivity index is 0.00000144. The zero-order valence-corrected chi connectivity index (χ0v) is 18.3. The quantitative estimate of drug-likeness (QED) is 0.447. The Kier molecular flexibility index (Phi) is 7.58. The maximum atomic E-state index is 11.9. The minimum atomic E-state index is 0. The van der Waals surface area contributed by atoms with Gasteiger partial charge in [-0.05, 0) is 43.1 Å². The van der Waals surface area contributed by atoms with Crippen LogP contribution < -0.4 is 10.2 Å². The number of nitrogens with one attached hydrogen (secondary N) is 2. The molecule has 0 bridgehead atoms. The number of H-pyrrole nitrogens is 1. The van der Waals surface area contributed by atoms with E-state index in [4.69, 9.17) is 4.98 Å². The fourth-order valence-electron chi connectivity index (χ4n) is 4.28. The summed E-state index contributed by atoms with van der Waals surface area (Å²) in [7, 11) is 0. The Morgan fingerprint density at radius 2 is 1.72 bits per heavy atom. The number of anilines is 2. The first-order chi connectivity index (χ1) is 14.8. The van der Waals surface area contributed by atoms with Gasteiger partial charge in [-0.3, -0.25) is 14.7 Å². The van der Waals surface area contributed by atoms with Gasteiger partial charge in [0.25, 0.3) is 0 Å². The first kappa shape index (κ1) is 23.4. The van der Waals surface area contributed by atoms with Crippen LogP contribution in [0.15, 0.2) is 72.9 Å². The number of aromatic nitrogens is 3. The predicted octanol–water partition coefficient (Wildman–Crippen LogP) is 4.01. The largest absolute Gasteiger partial charge is 0.412 e. The molecule has 3 aliphatic heterocycles. The first-order valence-corrected chi connectivity index (χ1v) is 10.3. The number of amides is 1. The molecular weight excluding hydrogens is 426 g/mol. The molecule has 32 heavy (non-hydrogen) atoms. The Hall–Kier alpha value is -3.26. The minimum absolute atomic E-state index is 0. The molecule has 1 saturated heterocycles. The van der Waals surface area contributed by atoms with E-state index in [-0.39, 0.29) is 29.8 Å². The Morgan fingerprint density at radius 1 is 1.00 bits per heavy atom. The van der Waals surface area contributed by atoms with Gasteiger partial charge in [-0.2, -0.15) is 0 Å². The van der Waals surface area contributed by atoms with E-state index >= 15 is 0 Å². The van der Waals surface area contributed by atoms with E-state index in [9.17, 15) is 4.79 Å². The van der Waals surface area contributed by atoms with Crippen molar-refractivity contribution in [1.29, 1.82) is 0 Å². The lowest BCUT2D eigenvalue weighted by atomic mass is 9.85. The number of halogens is 1. The molecule has 166 valence electrons. The molecule has 0 aliphatic carbocycles. The SMILES string of the molecule is Cl.O.O=CN(c1ccccc1)c1nc(C2CCNC(c3ccccc3)C2)c2nccc-2[nH]1. The topological polar surface area (TPSA) is 105 Å². The molecular formula is C24H26ClN5O2. The number of hydrogen-bond donors (Lipinski definition) is 2. The van der Waals surface area contributed by atoms with Gasteiger partial charge in [-0.25, -0.2) is 4.98 Å². The van der Waals surface area contributed by atoms with Gasteiger partial charge in [0.15, 0.2) is 0 Å². The van der Waals surface area contributed by atoms with Gasteiger partial charge in [0, 0.05) is 18.2 Å². The molecule has 5 rings (SSSR count). The molecule has 0 saturated carbocycles. The van der Waals surface area contributed by atoms with Gasteiger partial charge in [-0.1, -0.05) is 48.5 Å². The van der Waals surface area contributed by atoms with Crippen LogP contribution in [0.4, 0.5) is 11.6 Å². The molecule has 4 N–H and O–H groups in total. The van der Waals surface area contributed by atoms with E-state index in [1.54, 1.807) is 11.1 Å². The second-order valence-electron chi connectivity index (χ2n) is 7.60. The van der Waals surface area contributed by atoms with Crippen molar-refractivity contribution in [1.82, 2.24) is 20.3 Å². The van der Waals surface area contributed by atoms with Crippen molar-refractivity contribution in [2.45, 2.75) is 24.8 Å². The monoisotopic (exact) mass is 451 g/mol. The average molecular weight is 452 g/mol. The summed E-state index contributed by atoms with van der Waals surface area (Å²) in [5.41, 5.74) is 4.79. The van der Waals surface area contributed by atoms with E-state index < -0.39 is 0 Å². The number of para-hydroxylation sites is 1. The molecule has 8 heteroatoms. The standard InChI is InChI=1S/C24H23N5O.ClH.H2O/c30-16-29(19-9-5-2-6-10-19)24-27-20-12-14-26-23(20)22(28-24)18-11-13-25-21(15-18)17-7-3-1-4-8-17;;/h1-10,12,14,16,18,21,25H,11,13,15H2,(H,27,28);1H;1H2. The van der Waals surface area contributed by atoms with Gasteiger partial charge in [0.1, 0.15) is 5.69 Å². The molecule has 7 nitrogen and oxygen atoms in total. The van der Waals surface area contributed by atoms with E-state index in [0.717, 1.165) is 48.6 Å². The highest BCUT2D eigenvalue weighted by Gasteiger charge is 2.29. The van der Waals surface area contributed by atoms with E-state index in [1.165, 1.54) is 5.56 Å². The van der Waals surface area contributed by atoms with Crippen LogP contribution in [0.3, 0.4) is 0 Å².